The van der Waals surface area contributed by atoms with E-state index >= 15 is 17.6 Å². The molecule has 6 rings (SSSR count). The van der Waals surface area contributed by atoms with Crippen LogP contribution in [0.2, 0.25) is 0 Å². The molecule has 0 fully saturated rings. The van der Waals surface area contributed by atoms with Gasteiger partial charge in [0.15, 0.2) is 0 Å². The van der Waals surface area contributed by atoms with Crippen molar-refractivity contribution in [2.45, 2.75) is 60.8 Å². The number of halogens is 4. The van der Waals surface area contributed by atoms with Crippen molar-refractivity contribution in [2.75, 3.05) is 0 Å². The maximum Gasteiger partial charge on any atom is 2.00 e. The zero-order chi connectivity index (χ0) is 35.4. The van der Waals surface area contributed by atoms with Crippen LogP contribution in [-0.4, -0.2) is 9.97 Å². The van der Waals surface area contributed by atoms with Crippen LogP contribution in [0.25, 0.3) is 44.8 Å². The van der Waals surface area contributed by atoms with E-state index in [2.05, 4.69) is 12.1 Å². The predicted octanol–water partition coefficient (Wildman–Crippen LogP) is 11.5. The molecule has 4 aromatic carbocycles. The summed E-state index contributed by atoms with van der Waals surface area (Å²) in [5.41, 5.74) is 6.85. The van der Waals surface area contributed by atoms with Gasteiger partial charge in [0.2, 0.25) is 0 Å². The largest absolute Gasteiger partial charge is 2.00 e. The predicted molar refractivity (Wildman–Crippen MR) is 188 cm³/mol. The van der Waals surface area contributed by atoms with E-state index in [-0.39, 0.29) is 54.7 Å². The van der Waals surface area contributed by atoms with Gasteiger partial charge >= 0.3 is 21.1 Å². The summed E-state index contributed by atoms with van der Waals surface area (Å²) in [7, 11) is 0. The number of nitrogens with zero attached hydrogens (tertiary/aromatic N) is 2. The number of benzene rings is 4. The summed E-state index contributed by atoms with van der Waals surface area (Å²) in [4.78, 5) is 9.64. The normalized spacial score (nSPS) is 11.4. The molecule has 2 aromatic heterocycles. The Morgan fingerprint density at radius 1 is 0.520 bits per heavy atom. The Labute approximate surface area is 305 Å². The molecule has 6 aromatic rings. The first kappa shape index (κ1) is 36.9. The molecular weight excluding hydrogens is 816 g/mol. The van der Waals surface area contributed by atoms with Crippen LogP contribution in [0.5, 0.6) is 0 Å². The van der Waals surface area contributed by atoms with Crippen molar-refractivity contribution < 1.29 is 38.6 Å². The van der Waals surface area contributed by atoms with Crippen molar-refractivity contribution in [1.82, 2.24) is 9.97 Å². The molecule has 0 N–H and O–H groups in total. The fraction of sp³-hybridized carbons (Fsp3) is 0.209. The maximum atomic E-state index is 16.3. The Morgan fingerprint density at radius 2 is 0.860 bits per heavy atom. The third-order valence-electron chi connectivity index (χ3n) is 9.19. The topological polar surface area (TPSA) is 25.8 Å². The van der Waals surface area contributed by atoms with Gasteiger partial charge in [-0.1, -0.05) is 70.8 Å². The first-order valence-corrected chi connectivity index (χ1v) is 16.1. The second kappa shape index (κ2) is 14.1. The number of hydrogen-bond donors (Lipinski definition) is 0. The van der Waals surface area contributed by atoms with Gasteiger partial charge in [-0.05, 0) is 123 Å². The Morgan fingerprint density at radius 3 is 1.20 bits per heavy atom. The third kappa shape index (κ3) is 6.58. The number of aromatic nitrogens is 2. The van der Waals surface area contributed by atoms with Gasteiger partial charge < -0.3 is 9.97 Å². The molecule has 0 aliphatic heterocycles. The summed E-state index contributed by atoms with van der Waals surface area (Å²) < 4.78 is 63.0. The second-order valence-corrected chi connectivity index (χ2v) is 13.4. The van der Waals surface area contributed by atoms with E-state index in [0.29, 0.717) is 22.5 Å². The Bertz CT molecular complexity index is 2070. The second-order valence-electron chi connectivity index (χ2n) is 13.4. The molecule has 256 valence electrons. The van der Waals surface area contributed by atoms with E-state index in [0.717, 1.165) is 45.5 Å². The zero-order valence-electron chi connectivity index (χ0n) is 29.2. The molecule has 0 radical (unpaired) electrons. The van der Waals surface area contributed by atoms with Gasteiger partial charge in [0.05, 0.1) is 0 Å². The van der Waals surface area contributed by atoms with Crippen molar-refractivity contribution in [3.8, 4) is 44.8 Å². The average Bonchev–Trinajstić information content (AvgIpc) is 3.03. The van der Waals surface area contributed by atoms with E-state index in [1.54, 1.807) is 36.4 Å². The molecule has 2 nitrogen and oxygen atoms in total. The van der Waals surface area contributed by atoms with Crippen molar-refractivity contribution in [3.63, 3.8) is 0 Å². The molecule has 0 amide bonds. The van der Waals surface area contributed by atoms with Crippen LogP contribution in [0.15, 0.2) is 72.8 Å². The van der Waals surface area contributed by atoms with E-state index in [1.165, 1.54) is 0 Å². The molecule has 2 heterocycles. The molecule has 0 spiro atoms. The number of pyridine rings is 2. The molecule has 0 bridgehead atoms. The standard InChI is InChI=1S/C43H36F4N2.Pt/c1-23-19-25(3)37(26(4)20-23)39-31(44)17-15-29(41(39)46)33-11-9-13-35(48-33)43(7,8)36-14-10-12-34(49-36)30-16-18-32(45)40(42(30)47)38-27(5)21-24(2)22-28(38)6;/h9-14,17-22H,1-8H3;/q-2;+2. The molecule has 0 aliphatic rings. The fourth-order valence-corrected chi connectivity index (χ4v) is 6.96. The fourth-order valence-electron chi connectivity index (χ4n) is 6.96. The van der Waals surface area contributed by atoms with Crippen molar-refractivity contribution >= 4 is 0 Å². The van der Waals surface area contributed by atoms with Gasteiger partial charge in [0.25, 0.3) is 0 Å². The zero-order valence-corrected chi connectivity index (χ0v) is 31.4. The molecule has 0 aliphatic carbocycles. The van der Waals surface area contributed by atoms with Gasteiger partial charge in [-0.15, -0.1) is 24.3 Å². The van der Waals surface area contributed by atoms with Crippen LogP contribution in [0, 0.1) is 76.9 Å². The molecule has 0 saturated heterocycles. The van der Waals surface area contributed by atoms with Gasteiger partial charge in [-0.2, -0.15) is 0 Å². The minimum absolute atomic E-state index is 0. The minimum Gasteiger partial charge on any atom is -0.300 e. The molecule has 0 atom stereocenters. The summed E-state index contributed by atoms with van der Waals surface area (Å²) in [6.45, 7) is 15.1. The monoisotopic (exact) mass is 851 g/mol. The SMILES string of the molecule is Cc1cc(C)c(-c2c(F)c[c-]c(-c3cccc(C(C)(C)c4cccc(-c5[c-]cc(F)c(-c6c(C)cc(C)cc6C)c5F)n4)n3)c2F)c(C)c1.[Pt+2]. The van der Waals surface area contributed by atoms with E-state index < -0.39 is 28.7 Å². The molecule has 50 heavy (non-hydrogen) atoms. The van der Waals surface area contributed by atoms with Crippen molar-refractivity contribution in [2.24, 2.45) is 0 Å². The van der Waals surface area contributed by atoms with Crippen LogP contribution in [0.1, 0.15) is 58.6 Å². The number of hydrogen-bond acceptors (Lipinski definition) is 2. The summed E-state index contributed by atoms with van der Waals surface area (Å²) in [6.07, 6.45) is 0. The molecule has 0 saturated carbocycles. The van der Waals surface area contributed by atoms with Gasteiger partial charge in [0.1, 0.15) is 0 Å². The van der Waals surface area contributed by atoms with E-state index in [4.69, 9.17) is 9.97 Å². The van der Waals surface area contributed by atoms with Crippen molar-refractivity contribution in [3.05, 3.63) is 153 Å². The Hall–Kier alpha value is -4.41. The number of aryl methyl sites for hydroxylation is 6. The first-order valence-electron chi connectivity index (χ1n) is 16.1. The summed E-state index contributed by atoms with van der Waals surface area (Å²) in [5.74, 6) is -2.88. The van der Waals surface area contributed by atoms with Crippen LogP contribution in [-0.2, 0) is 26.5 Å². The van der Waals surface area contributed by atoms with Crippen molar-refractivity contribution in [1.29, 1.82) is 0 Å². The first-order chi connectivity index (χ1) is 23.2. The summed E-state index contributed by atoms with van der Waals surface area (Å²) in [5, 5.41) is 0. The van der Waals surface area contributed by atoms with Gasteiger partial charge in [-0.3, -0.25) is 17.6 Å². The van der Waals surface area contributed by atoms with Crippen LogP contribution in [0.3, 0.4) is 0 Å². The van der Waals surface area contributed by atoms with Crippen LogP contribution < -0.4 is 0 Å². The molecular formula is C43H36F4N2Pt. The quantitative estimate of drug-likeness (QED) is 0.123. The summed E-state index contributed by atoms with van der Waals surface area (Å²) >= 11 is 0. The Balaban J connectivity index is 0.00000486. The van der Waals surface area contributed by atoms with Crippen LogP contribution in [0.4, 0.5) is 17.6 Å². The molecule has 0 unspecified atom stereocenters. The Kier molecular flexibility index (Phi) is 10.4. The average molecular weight is 852 g/mol. The third-order valence-corrected chi connectivity index (χ3v) is 9.19. The molecule has 7 heteroatoms. The van der Waals surface area contributed by atoms with Gasteiger partial charge in [-0.25, -0.2) is 0 Å². The maximum absolute atomic E-state index is 16.3. The van der Waals surface area contributed by atoms with E-state index in [9.17, 15) is 0 Å². The minimum atomic E-state index is -0.834. The summed E-state index contributed by atoms with van der Waals surface area (Å²) in [6, 6.07) is 25.9. The number of rotatable bonds is 6. The smallest absolute Gasteiger partial charge is 0.300 e. The van der Waals surface area contributed by atoms with E-state index in [1.807, 2.05) is 79.7 Å². The van der Waals surface area contributed by atoms with Gasteiger partial charge in [0, 0.05) is 40.1 Å². The van der Waals surface area contributed by atoms with Crippen LogP contribution >= 0.6 is 0 Å².